The zero-order chi connectivity index (χ0) is 24.8. The van der Waals surface area contributed by atoms with Crippen molar-refractivity contribution < 1.29 is 24.3 Å². The van der Waals surface area contributed by atoms with Crippen molar-refractivity contribution in [3.63, 3.8) is 0 Å². The van der Waals surface area contributed by atoms with E-state index >= 15 is 0 Å². The summed E-state index contributed by atoms with van der Waals surface area (Å²) < 4.78 is 11.3. The summed E-state index contributed by atoms with van der Waals surface area (Å²) in [6.45, 7) is 7.78. The number of nitrogens with one attached hydrogen (secondary N) is 1. The summed E-state index contributed by atoms with van der Waals surface area (Å²) in [6, 6.07) is 5.54. The van der Waals surface area contributed by atoms with Crippen LogP contribution in [0.3, 0.4) is 0 Å². The van der Waals surface area contributed by atoms with Crippen molar-refractivity contribution in [2.45, 2.75) is 33.8 Å². The maximum absolute atomic E-state index is 11.1. The van der Waals surface area contributed by atoms with E-state index in [1.165, 1.54) is 0 Å². The highest BCUT2D eigenvalue weighted by atomic mass is 16.5. The third-order valence-electron chi connectivity index (χ3n) is 5.12. The molecule has 0 spiro atoms. The third kappa shape index (κ3) is 6.06. The summed E-state index contributed by atoms with van der Waals surface area (Å²) >= 11 is 0. The average Bonchev–Trinajstić information content (AvgIpc) is 3.31. The van der Waals surface area contributed by atoms with Gasteiger partial charge in [-0.25, -0.2) is 9.97 Å². The highest BCUT2D eigenvalue weighted by Crippen LogP contribution is 2.30. The molecule has 1 aromatic carbocycles. The van der Waals surface area contributed by atoms with Gasteiger partial charge in [-0.2, -0.15) is 4.98 Å². The van der Waals surface area contributed by atoms with Crippen LogP contribution in [0.2, 0.25) is 0 Å². The van der Waals surface area contributed by atoms with Gasteiger partial charge in [0.15, 0.2) is 0 Å². The van der Waals surface area contributed by atoms with Crippen molar-refractivity contribution in [3.8, 4) is 28.7 Å². The number of carbonyl (C=O) groups excluding carboxylic acids is 1. The van der Waals surface area contributed by atoms with Crippen LogP contribution in [-0.2, 0) is 4.79 Å². The number of benzene rings is 1. The van der Waals surface area contributed by atoms with Gasteiger partial charge in [0.1, 0.15) is 30.8 Å². The van der Waals surface area contributed by atoms with Crippen LogP contribution in [0.25, 0.3) is 23.0 Å². The first-order valence-corrected chi connectivity index (χ1v) is 10.9. The van der Waals surface area contributed by atoms with Gasteiger partial charge in [0.25, 0.3) is 5.89 Å². The molecule has 2 heterocycles. The molecule has 0 aliphatic heterocycles. The van der Waals surface area contributed by atoms with Crippen molar-refractivity contribution >= 4 is 11.9 Å². The van der Waals surface area contributed by atoms with Gasteiger partial charge in [0.05, 0.1) is 0 Å². The first-order valence-electron chi connectivity index (χ1n) is 10.9. The predicted molar refractivity (Wildman–Crippen MR) is 126 cm³/mol. The summed E-state index contributed by atoms with van der Waals surface area (Å²) in [5, 5.41) is 25.2. The lowest BCUT2D eigenvalue weighted by Gasteiger charge is -2.16. The molecule has 1 atom stereocenters. The number of ether oxygens (including phenoxy) is 1. The lowest BCUT2D eigenvalue weighted by atomic mass is 10.1. The SMILES string of the molecule is CCN(C)c1nc(C)cc(-c2nc(-c3cc(C)c(OC[C@H](O)CNC(=O)CO)c(C)c3)no2)n1. The topological polar surface area (TPSA) is 147 Å². The molecule has 0 aliphatic rings. The number of aryl methyl sites for hydroxylation is 3. The van der Waals surface area contributed by atoms with E-state index in [2.05, 4.69) is 25.4 Å². The molecule has 1 amide bonds. The van der Waals surface area contributed by atoms with Crippen molar-refractivity contribution in [3.05, 3.63) is 35.0 Å². The van der Waals surface area contributed by atoms with Gasteiger partial charge < -0.3 is 29.7 Å². The Morgan fingerprint density at radius 3 is 2.53 bits per heavy atom. The Labute approximate surface area is 197 Å². The largest absolute Gasteiger partial charge is 0.490 e. The maximum Gasteiger partial charge on any atom is 0.277 e. The van der Waals surface area contributed by atoms with E-state index in [1.54, 1.807) is 6.07 Å². The molecule has 3 N–H and O–H groups in total. The Morgan fingerprint density at radius 1 is 1.18 bits per heavy atom. The zero-order valence-corrected chi connectivity index (χ0v) is 20.0. The van der Waals surface area contributed by atoms with E-state index in [0.717, 1.165) is 28.9 Å². The van der Waals surface area contributed by atoms with Gasteiger partial charge in [0.2, 0.25) is 17.7 Å². The van der Waals surface area contributed by atoms with E-state index in [9.17, 15) is 9.90 Å². The minimum atomic E-state index is -0.915. The van der Waals surface area contributed by atoms with Gasteiger partial charge in [-0.1, -0.05) is 5.16 Å². The summed E-state index contributed by atoms with van der Waals surface area (Å²) in [4.78, 5) is 26.5. The molecular weight excluding hydrogens is 440 g/mol. The van der Waals surface area contributed by atoms with Crippen LogP contribution in [0, 0.1) is 20.8 Å². The second-order valence-corrected chi connectivity index (χ2v) is 8.00. The Morgan fingerprint density at radius 2 is 1.88 bits per heavy atom. The smallest absolute Gasteiger partial charge is 0.277 e. The molecule has 3 aromatic rings. The van der Waals surface area contributed by atoms with Gasteiger partial charge in [-0.05, 0) is 57.0 Å². The Balaban J connectivity index is 1.76. The number of rotatable bonds is 10. The molecule has 182 valence electrons. The number of aromatic nitrogens is 4. The lowest BCUT2D eigenvalue weighted by Crippen LogP contribution is -2.36. The van der Waals surface area contributed by atoms with E-state index < -0.39 is 18.6 Å². The second-order valence-electron chi connectivity index (χ2n) is 8.00. The fraction of sp³-hybridized carbons (Fsp3) is 0.435. The zero-order valence-electron chi connectivity index (χ0n) is 20.0. The minimum absolute atomic E-state index is 0.0132. The molecule has 34 heavy (non-hydrogen) atoms. The van der Waals surface area contributed by atoms with Crippen molar-refractivity contribution in [1.29, 1.82) is 0 Å². The molecule has 2 aromatic heterocycles. The molecular formula is C23H30N6O5. The molecule has 11 heteroatoms. The molecule has 0 radical (unpaired) electrons. The first-order chi connectivity index (χ1) is 16.2. The Hall–Kier alpha value is -3.57. The number of aliphatic hydroxyl groups excluding tert-OH is 2. The van der Waals surface area contributed by atoms with E-state index in [0.29, 0.717) is 29.1 Å². The van der Waals surface area contributed by atoms with Gasteiger partial charge >= 0.3 is 0 Å². The van der Waals surface area contributed by atoms with Crippen molar-refractivity contribution in [1.82, 2.24) is 25.4 Å². The van der Waals surface area contributed by atoms with Gasteiger partial charge in [-0.3, -0.25) is 4.79 Å². The standard InChI is InChI=1S/C23H30N6O5/c1-6-29(5)23-25-15(4)9-18(26-23)22-27-21(28-34-22)16-7-13(2)20(14(3)8-16)33-12-17(31)10-24-19(32)11-30/h7-9,17,30-31H,6,10-12H2,1-5H3,(H,24,32)/t17-/m1/s1. The molecule has 0 fully saturated rings. The fourth-order valence-corrected chi connectivity index (χ4v) is 3.25. The van der Waals surface area contributed by atoms with Crippen LogP contribution in [0.15, 0.2) is 22.7 Å². The molecule has 0 bridgehead atoms. The lowest BCUT2D eigenvalue weighted by molar-refractivity contribution is -0.124. The normalized spacial score (nSPS) is 11.9. The van der Waals surface area contributed by atoms with Crippen LogP contribution >= 0.6 is 0 Å². The summed E-state index contributed by atoms with van der Waals surface area (Å²) in [5.74, 6) is 1.37. The number of amides is 1. The maximum atomic E-state index is 11.1. The fourth-order valence-electron chi connectivity index (χ4n) is 3.25. The van der Waals surface area contributed by atoms with Crippen LogP contribution in [0.1, 0.15) is 23.7 Å². The van der Waals surface area contributed by atoms with Crippen molar-refractivity contribution in [2.24, 2.45) is 0 Å². The molecule has 0 aliphatic carbocycles. The number of aliphatic hydroxyl groups is 2. The van der Waals surface area contributed by atoms with Crippen LogP contribution < -0.4 is 15.0 Å². The van der Waals surface area contributed by atoms with Crippen molar-refractivity contribution in [2.75, 3.05) is 38.3 Å². The van der Waals surface area contributed by atoms with Gasteiger partial charge in [0, 0.05) is 31.4 Å². The first kappa shape index (κ1) is 25.1. The Kier molecular flexibility index (Phi) is 8.13. The summed E-state index contributed by atoms with van der Waals surface area (Å²) in [5.41, 5.74) is 3.77. The second kappa shape index (κ2) is 11.0. The van der Waals surface area contributed by atoms with Crippen LogP contribution in [-0.4, -0.2) is 75.7 Å². The molecule has 0 unspecified atom stereocenters. The number of carbonyl (C=O) groups is 1. The van der Waals surface area contributed by atoms with E-state index in [-0.39, 0.29) is 13.2 Å². The molecule has 3 rings (SSSR count). The quantitative estimate of drug-likeness (QED) is 0.397. The monoisotopic (exact) mass is 470 g/mol. The number of anilines is 1. The predicted octanol–water partition coefficient (Wildman–Crippen LogP) is 1.42. The highest BCUT2D eigenvalue weighted by molar-refractivity contribution is 5.76. The van der Waals surface area contributed by atoms with E-state index in [4.69, 9.17) is 14.4 Å². The minimum Gasteiger partial charge on any atom is -0.490 e. The van der Waals surface area contributed by atoms with E-state index in [1.807, 2.05) is 51.8 Å². The molecule has 0 saturated carbocycles. The number of nitrogens with zero attached hydrogens (tertiary/aromatic N) is 5. The van der Waals surface area contributed by atoms with Crippen LogP contribution in [0.5, 0.6) is 5.75 Å². The molecule has 0 saturated heterocycles. The Bertz CT molecular complexity index is 1130. The number of hydrogen-bond donors (Lipinski definition) is 3. The van der Waals surface area contributed by atoms with Crippen LogP contribution in [0.4, 0.5) is 5.95 Å². The average molecular weight is 471 g/mol. The summed E-state index contributed by atoms with van der Waals surface area (Å²) in [7, 11) is 1.91. The van der Waals surface area contributed by atoms with Gasteiger partial charge in [-0.15, -0.1) is 0 Å². The number of hydrogen-bond acceptors (Lipinski definition) is 10. The molecule has 11 nitrogen and oxygen atoms in total. The third-order valence-corrected chi connectivity index (χ3v) is 5.12. The highest BCUT2D eigenvalue weighted by Gasteiger charge is 2.17. The summed E-state index contributed by atoms with van der Waals surface area (Å²) in [6.07, 6.45) is -0.915.